The molecule has 4 nitrogen and oxygen atoms in total. The number of nitrogens with zero attached hydrogens (tertiary/aromatic N) is 2. The van der Waals surface area contributed by atoms with E-state index in [4.69, 9.17) is 4.74 Å². The molecule has 0 radical (unpaired) electrons. The van der Waals surface area contributed by atoms with E-state index in [0.717, 1.165) is 17.7 Å². The molecule has 6 heteroatoms. The molecule has 0 unspecified atom stereocenters. The van der Waals surface area contributed by atoms with Crippen molar-refractivity contribution < 1.29 is 18.3 Å². The molecule has 0 bridgehead atoms. The maximum Gasteiger partial charge on any atom is 0.410 e. The van der Waals surface area contributed by atoms with Crippen LogP contribution in [-0.4, -0.2) is 37.2 Å². The molecule has 0 atom stereocenters. The van der Waals surface area contributed by atoms with Crippen molar-refractivity contribution in [3.05, 3.63) is 65.7 Å². The van der Waals surface area contributed by atoms with E-state index in [1.165, 1.54) is 6.07 Å². The third-order valence-corrected chi connectivity index (χ3v) is 3.99. The van der Waals surface area contributed by atoms with Gasteiger partial charge in [-0.1, -0.05) is 30.3 Å². The molecular weight excluding hydrogens is 314 g/mol. The van der Waals surface area contributed by atoms with Crippen LogP contribution in [0.5, 0.6) is 0 Å². The number of hydrogen-bond donors (Lipinski definition) is 0. The maximum atomic E-state index is 13.8. The highest BCUT2D eigenvalue weighted by atomic mass is 19.1. The van der Waals surface area contributed by atoms with E-state index in [0.29, 0.717) is 26.2 Å². The average molecular weight is 332 g/mol. The number of rotatable bonds is 3. The van der Waals surface area contributed by atoms with Gasteiger partial charge in [0.2, 0.25) is 0 Å². The van der Waals surface area contributed by atoms with Gasteiger partial charge in [-0.15, -0.1) is 0 Å². The summed E-state index contributed by atoms with van der Waals surface area (Å²) in [6.07, 6.45) is -0.391. The standard InChI is InChI=1S/C18H18F2N2O2/c19-15-6-7-16(20)17(12-15)21-8-10-22(11-9-21)18(23)24-13-14-4-2-1-3-5-14/h1-7,12H,8-11,13H2. The van der Waals surface area contributed by atoms with E-state index in [1.807, 2.05) is 30.3 Å². The van der Waals surface area contributed by atoms with Crippen LogP contribution in [0.25, 0.3) is 0 Å². The van der Waals surface area contributed by atoms with Crippen molar-refractivity contribution in [3.63, 3.8) is 0 Å². The van der Waals surface area contributed by atoms with Crippen molar-refractivity contribution in [2.24, 2.45) is 0 Å². The SMILES string of the molecule is O=C(OCc1ccccc1)N1CCN(c2cc(F)ccc2F)CC1. The van der Waals surface area contributed by atoms with Gasteiger partial charge in [-0.3, -0.25) is 0 Å². The van der Waals surface area contributed by atoms with Crippen LogP contribution in [0.2, 0.25) is 0 Å². The van der Waals surface area contributed by atoms with Crippen molar-refractivity contribution in [2.45, 2.75) is 6.61 Å². The molecule has 0 saturated carbocycles. The second kappa shape index (κ2) is 7.29. The van der Waals surface area contributed by atoms with Crippen LogP contribution in [0.1, 0.15) is 5.56 Å². The van der Waals surface area contributed by atoms with Crippen LogP contribution in [0, 0.1) is 11.6 Å². The predicted octanol–water partition coefficient (Wildman–Crippen LogP) is 3.42. The number of hydrogen-bond acceptors (Lipinski definition) is 3. The van der Waals surface area contributed by atoms with Gasteiger partial charge in [0, 0.05) is 32.2 Å². The van der Waals surface area contributed by atoms with Crippen molar-refractivity contribution >= 4 is 11.8 Å². The Bertz CT molecular complexity index is 701. The first-order valence-corrected chi connectivity index (χ1v) is 7.79. The molecular formula is C18H18F2N2O2. The second-order valence-electron chi connectivity index (χ2n) is 5.61. The van der Waals surface area contributed by atoms with E-state index in [-0.39, 0.29) is 12.3 Å². The normalized spacial score (nSPS) is 14.6. The van der Waals surface area contributed by atoms with Gasteiger partial charge in [0.25, 0.3) is 0 Å². The second-order valence-corrected chi connectivity index (χ2v) is 5.61. The van der Waals surface area contributed by atoms with Crippen LogP contribution >= 0.6 is 0 Å². The van der Waals surface area contributed by atoms with E-state index < -0.39 is 17.7 Å². The van der Waals surface area contributed by atoms with Gasteiger partial charge in [0.05, 0.1) is 5.69 Å². The molecule has 0 N–H and O–H groups in total. The zero-order valence-corrected chi connectivity index (χ0v) is 13.1. The Balaban J connectivity index is 1.53. The first-order valence-electron chi connectivity index (χ1n) is 7.79. The molecule has 1 amide bonds. The van der Waals surface area contributed by atoms with Crippen LogP contribution in [0.15, 0.2) is 48.5 Å². The number of piperazine rings is 1. The molecule has 3 rings (SSSR count). The minimum absolute atomic E-state index is 0.221. The quantitative estimate of drug-likeness (QED) is 0.863. The summed E-state index contributed by atoms with van der Waals surface area (Å²) in [5, 5.41) is 0. The summed E-state index contributed by atoms with van der Waals surface area (Å²) in [6, 6.07) is 12.8. The van der Waals surface area contributed by atoms with Crippen molar-refractivity contribution in [1.82, 2.24) is 4.90 Å². The summed E-state index contributed by atoms with van der Waals surface area (Å²) in [5.41, 5.74) is 1.15. The molecule has 2 aromatic carbocycles. The van der Waals surface area contributed by atoms with E-state index >= 15 is 0 Å². The number of carbonyl (C=O) groups excluding carboxylic acids is 1. The monoisotopic (exact) mass is 332 g/mol. The van der Waals surface area contributed by atoms with Gasteiger partial charge in [-0.2, -0.15) is 0 Å². The Labute approximate surface area is 139 Å². The number of amides is 1. The molecule has 126 valence electrons. The number of benzene rings is 2. The molecule has 24 heavy (non-hydrogen) atoms. The Morgan fingerprint density at radius 1 is 1.00 bits per heavy atom. The lowest BCUT2D eigenvalue weighted by Gasteiger charge is -2.35. The summed E-state index contributed by atoms with van der Waals surface area (Å²) >= 11 is 0. The smallest absolute Gasteiger partial charge is 0.410 e. The summed E-state index contributed by atoms with van der Waals surface area (Å²) in [4.78, 5) is 15.4. The molecule has 0 aliphatic carbocycles. The van der Waals surface area contributed by atoms with Gasteiger partial charge < -0.3 is 14.5 Å². The Morgan fingerprint density at radius 3 is 2.42 bits per heavy atom. The first-order chi connectivity index (χ1) is 11.6. The Kier molecular flexibility index (Phi) is 4.93. The molecule has 0 aromatic heterocycles. The topological polar surface area (TPSA) is 32.8 Å². The molecule has 1 fully saturated rings. The maximum absolute atomic E-state index is 13.8. The largest absolute Gasteiger partial charge is 0.445 e. The highest BCUT2D eigenvalue weighted by Gasteiger charge is 2.24. The average Bonchev–Trinajstić information content (AvgIpc) is 2.63. The lowest BCUT2D eigenvalue weighted by molar-refractivity contribution is 0.0941. The fraction of sp³-hybridized carbons (Fsp3) is 0.278. The number of anilines is 1. The lowest BCUT2D eigenvalue weighted by Crippen LogP contribution is -2.49. The molecule has 2 aromatic rings. The molecule has 0 spiro atoms. The lowest BCUT2D eigenvalue weighted by atomic mass is 10.2. The minimum Gasteiger partial charge on any atom is -0.445 e. The number of halogens is 2. The van der Waals surface area contributed by atoms with Crippen LogP contribution in [-0.2, 0) is 11.3 Å². The molecule has 1 saturated heterocycles. The van der Waals surface area contributed by atoms with Gasteiger partial charge in [-0.05, 0) is 17.7 Å². The third-order valence-electron chi connectivity index (χ3n) is 3.99. The van der Waals surface area contributed by atoms with Gasteiger partial charge in [0.1, 0.15) is 18.2 Å². The summed E-state index contributed by atoms with van der Waals surface area (Å²) in [7, 11) is 0. The van der Waals surface area contributed by atoms with E-state index in [9.17, 15) is 13.6 Å². The Morgan fingerprint density at radius 2 is 1.71 bits per heavy atom. The van der Waals surface area contributed by atoms with Gasteiger partial charge in [0.15, 0.2) is 0 Å². The third kappa shape index (κ3) is 3.82. The van der Waals surface area contributed by atoms with Crippen molar-refractivity contribution in [3.8, 4) is 0 Å². The summed E-state index contributed by atoms with van der Waals surface area (Å²) < 4.78 is 32.4. The van der Waals surface area contributed by atoms with Crippen LogP contribution < -0.4 is 4.90 Å². The van der Waals surface area contributed by atoms with Gasteiger partial charge in [-0.25, -0.2) is 13.6 Å². The molecule has 1 aliphatic rings. The zero-order valence-electron chi connectivity index (χ0n) is 13.1. The van der Waals surface area contributed by atoms with Crippen LogP contribution in [0.3, 0.4) is 0 Å². The fourth-order valence-corrected chi connectivity index (χ4v) is 2.67. The highest BCUT2D eigenvalue weighted by molar-refractivity contribution is 5.68. The van der Waals surface area contributed by atoms with Crippen LogP contribution in [0.4, 0.5) is 19.3 Å². The summed E-state index contributed by atoms with van der Waals surface area (Å²) in [6.45, 7) is 1.90. The van der Waals surface area contributed by atoms with Gasteiger partial charge >= 0.3 is 6.09 Å². The highest BCUT2D eigenvalue weighted by Crippen LogP contribution is 2.22. The molecule has 1 heterocycles. The summed E-state index contributed by atoms with van der Waals surface area (Å²) in [5.74, 6) is -0.937. The number of carbonyl (C=O) groups is 1. The molecule has 1 aliphatic heterocycles. The zero-order chi connectivity index (χ0) is 16.9. The first kappa shape index (κ1) is 16.2. The fourth-order valence-electron chi connectivity index (χ4n) is 2.67. The van der Waals surface area contributed by atoms with E-state index in [1.54, 1.807) is 9.80 Å². The van der Waals surface area contributed by atoms with Crippen molar-refractivity contribution in [1.29, 1.82) is 0 Å². The predicted molar refractivity (Wildman–Crippen MR) is 86.8 cm³/mol. The minimum atomic E-state index is -0.476. The number of ether oxygens (including phenoxy) is 1. The van der Waals surface area contributed by atoms with Crippen molar-refractivity contribution in [2.75, 3.05) is 31.1 Å². The Hall–Kier alpha value is -2.63. The van der Waals surface area contributed by atoms with E-state index in [2.05, 4.69) is 0 Å².